The zero-order valence-corrected chi connectivity index (χ0v) is 12.5. The number of hydrogen-bond donors (Lipinski definition) is 0. The molecule has 1 rings (SSSR count). The molecule has 0 saturated heterocycles. The molecule has 0 aliphatic heterocycles. The van der Waals surface area contributed by atoms with Gasteiger partial charge in [-0.25, -0.2) is 0 Å². The average Bonchev–Trinajstić information content (AvgIpc) is 2.33. The normalized spacial score (nSPS) is 12.8. The van der Waals surface area contributed by atoms with Crippen molar-refractivity contribution in [2.24, 2.45) is 0 Å². The predicted octanol–water partition coefficient (Wildman–Crippen LogP) is 3.77. The van der Waals surface area contributed by atoms with Crippen LogP contribution >= 0.6 is 0 Å². The van der Waals surface area contributed by atoms with Crippen molar-refractivity contribution < 1.29 is 9.53 Å². The molecule has 18 heavy (non-hydrogen) atoms. The minimum Gasteiger partial charge on any atom is -0.461 e. The van der Waals surface area contributed by atoms with E-state index in [2.05, 4.69) is 38.4 Å². The SMILES string of the molecule is C=CCOC(=O)CC(c1ccccc1)[Si](C)(C)C. The Kier molecular flexibility index (Phi) is 5.35. The molecule has 98 valence electrons. The van der Waals surface area contributed by atoms with Gasteiger partial charge in [-0.1, -0.05) is 62.6 Å². The Bertz CT molecular complexity index is 393. The molecular weight excluding hydrogens is 240 g/mol. The Morgan fingerprint density at radius 1 is 1.33 bits per heavy atom. The van der Waals surface area contributed by atoms with Crippen LogP contribution in [0.3, 0.4) is 0 Å². The number of carbonyl (C=O) groups excluding carboxylic acids is 1. The molecule has 0 radical (unpaired) electrons. The van der Waals surface area contributed by atoms with Gasteiger partial charge < -0.3 is 4.74 Å². The lowest BCUT2D eigenvalue weighted by atomic mass is 10.1. The molecule has 0 fully saturated rings. The fourth-order valence-electron chi connectivity index (χ4n) is 1.99. The molecule has 1 aromatic carbocycles. The van der Waals surface area contributed by atoms with Crippen LogP contribution in [0, 0.1) is 0 Å². The van der Waals surface area contributed by atoms with E-state index in [1.807, 2.05) is 18.2 Å². The molecule has 0 aliphatic carbocycles. The Morgan fingerprint density at radius 3 is 2.44 bits per heavy atom. The maximum absolute atomic E-state index is 11.8. The van der Waals surface area contributed by atoms with Crippen molar-refractivity contribution >= 4 is 14.0 Å². The highest BCUT2D eigenvalue weighted by Gasteiger charge is 2.30. The molecular formula is C15H22O2Si. The Morgan fingerprint density at radius 2 is 1.94 bits per heavy atom. The predicted molar refractivity (Wildman–Crippen MR) is 78.3 cm³/mol. The van der Waals surface area contributed by atoms with Crippen molar-refractivity contribution in [2.75, 3.05) is 6.61 Å². The summed E-state index contributed by atoms with van der Waals surface area (Å²) in [5.41, 5.74) is 1.54. The maximum atomic E-state index is 11.8. The van der Waals surface area contributed by atoms with Crippen LogP contribution in [0.15, 0.2) is 43.0 Å². The summed E-state index contributed by atoms with van der Waals surface area (Å²) in [6.45, 7) is 10.7. The van der Waals surface area contributed by atoms with Gasteiger partial charge in [-0.05, 0) is 11.1 Å². The second-order valence-electron chi connectivity index (χ2n) is 5.51. The fraction of sp³-hybridized carbons (Fsp3) is 0.400. The zero-order valence-electron chi connectivity index (χ0n) is 11.5. The molecule has 0 saturated carbocycles. The number of benzene rings is 1. The summed E-state index contributed by atoms with van der Waals surface area (Å²) in [5, 5.41) is 0. The van der Waals surface area contributed by atoms with E-state index in [1.54, 1.807) is 6.08 Å². The molecule has 1 aromatic rings. The molecule has 1 atom stereocenters. The monoisotopic (exact) mass is 262 g/mol. The maximum Gasteiger partial charge on any atom is 0.306 e. The Hall–Kier alpha value is -1.35. The van der Waals surface area contributed by atoms with Gasteiger partial charge >= 0.3 is 5.97 Å². The molecule has 2 nitrogen and oxygen atoms in total. The minimum atomic E-state index is -1.46. The number of carbonyl (C=O) groups is 1. The topological polar surface area (TPSA) is 26.3 Å². The summed E-state index contributed by atoms with van der Waals surface area (Å²) in [4.78, 5) is 11.8. The van der Waals surface area contributed by atoms with Gasteiger partial charge in [-0.3, -0.25) is 4.79 Å². The van der Waals surface area contributed by atoms with Gasteiger partial charge in [0, 0.05) is 6.42 Å². The second kappa shape index (κ2) is 6.54. The number of ether oxygens (including phenoxy) is 1. The fourth-order valence-corrected chi connectivity index (χ4v) is 3.96. The van der Waals surface area contributed by atoms with Gasteiger partial charge in [-0.15, -0.1) is 0 Å². The van der Waals surface area contributed by atoms with E-state index in [9.17, 15) is 4.79 Å². The van der Waals surface area contributed by atoms with Crippen LogP contribution in [0.4, 0.5) is 0 Å². The molecule has 0 bridgehead atoms. The smallest absolute Gasteiger partial charge is 0.306 e. The van der Waals surface area contributed by atoms with E-state index in [0.29, 0.717) is 18.6 Å². The summed E-state index contributed by atoms with van der Waals surface area (Å²) < 4.78 is 5.10. The largest absolute Gasteiger partial charge is 0.461 e. The van der Waals surface area contributed by atoms with Crippen LogP contribution in [-0.2, 0) is 9.53 Å². The highest BCUT2D eigenvalue weighted by Crippen LogP contribution is 2.30. The zero-order chi connectivity index (χ0) is 13.6. The average molecular weight is 262 g/mol. The van der Waals surface area contributed by atoms with E-state index in [4.69, 9.17) is 4.74 Å². The van der Waals surface area contributed by atoms with Gasteiger partial charge in [0.05, 0.1) is 8.07 Å². The van der Waals surface area contributed by atoms with Crippen LogP contribution in [-0.4, -0.2) is 20.7 Å². The Balaban J connectivity index is 2.81. The van der Waals surface area contributed by atoms with Crippen LogP contribution in [0.25, 0.3) is 0 Å². The third-order valence-electron chi connectivity index (χ3n) is 2.98. The molecule has 0 aromatic heterocycles. The lowest BCUT2D eigenvalue weighted by molar-refractivity contribution is -0.142. The van der Waals surface area contributed by atoms with Crippen molar-refractivity contribution in [3.8, 4) is 0 Å². The van der Waals surface area contributed by atoms with Crippen LogP contribution in [0.1, 0.15) is 17.5 Å². The van der Waals surface area contributed by atoms with Gasteiger partial charge in [0.1, 0.15) is 6.61 Å². The van der Waals surface area contributed by atoms with Crippen molar-refractivity contribution in [1.29, 1.82) is 0 Å². The van der Waals surface area contributed by atoms with Crippen molar-refractivity contribution in [2.45, 2.75) is 31.6 Å². The molecule has 1 unspecified atom stereocenters. The summed E-state index contributed by atoms with van der Waals surface area (Å²) in [6, 6.07) is 10.3. The summed E-state index contributed by atoms with van der Waals surface area (Å²) in [7, 11) is -1.46. The minimum absolute atomic E-state index is 0.133. The van der Waals surface area contributed by atoms with Crippen molar-refractivity contribution in [1.82, 2.24) is 0 Å². The molecule has 0 spiro atoms. The first-order chi connectivity index (χ1) is 8.45. The first-order valence-corrected chi connectivity index (χ1v) is 9.84. The first kappa shape index (κ1) is 14.7. The van der Waals surface area contributed by atoms with Gasteiger partial charge in [0.15, 0.2) is 0 Å². The van der Waals surface area contributed by atoms with Crippen LogP contribution in [0.2, 0.25) is 19.6 Å². The molecule has 0 N–H and O–H groups in total. The number of hydrogen-bond acceptors (Lipinski definition) is 2. The van der Waals surface area contributed by atoms with E-state index in [0.717, 1.165) is 0 Å². The van der Waals surface area contributed by atoms with Crippen LogP contribution in [0.5, 0.6) is 0 Å². The summed E-state index contributed by atoms with van der Waals surface area (Å²) in [6.07, 6.45) is 2.07. The lowest BCUT2D eigenvalue weighted by Crippen LogP contribution is -2.33. The summed E-state index contributed by atoms with van der Waals surface area (Å²) in [5.74, 6) is -0.133. The Labute approximate surface area is 111 Å². The van der Waals surface area contributed by atoms with E-state index >= 15 is 0 Å². The molecule has 3 heteroatoms. The number of esters is 1. The van der Waals surface area contributed by atoms with Crippen molar-refractivity contribution in [3.05, 3.63) is 48.6 Å². The third kappa shape index (κ3) is 4.49. The van der Waals surface area contributed by atoms with E-state index in [1.165, 1.54) is 5.56 Å². The second-order valence-corrected chi connectivity index (χ2v) is 10.9. The van der Waals surface area contributed by atoms with E-state index in [-0.39, 0.29) is 5.97 Å². The standard InChI is InChI=1S/C15H22O2Si/c1-5-11-17-15(16)12-14(18(2,3)4)13-9-7-6-8-10-13/h5-10,14H,1,11-12H2,2-4H3. The van der Waals surface area contributed by atoms with Gasteiger partial charge in [0.2, 0.25) is 0 Å². The summed E-state index contributed by atoms with van der Waals surface area (Å²) >= 11 is 0. The van der Waals surface area contributed by atoms with Gasteiger partial charge in [0.25, 0.3) is 0 Å². The number of rotatable bonds is 6. The van der Waals surface area contributed by atoms with Gasteiger partial charge in [-0.2, -0.15) is 0 Å². The van der Waals surface area contributed by atoms with Crippen LogP contribution < -0.4 is 0 Å². The highest BCUT2D eigenvalue weighted by atomic mass is 28.3. The molecule has 0 heterocycles. The third-order valence-corrected chi connectivity index (χ3v) is 5.61. The lowest BCUT2D eigenvalue weighted by Gasteiger charge is -2.28. The quantitative estimate of drug-likeness (QED) is 0.443. The highest BCUT2D eigenvalue weighted by molar-refractivity contribution is 6.77. The van der Waals surface area contributed by atoms with E-state index < -0.39 is 8.07 Å². The molecule has 0 aliphatic rings. The first-order valence-electron chi connectivity index (χ1n) is 6.26. The molecule has 0 amide bonds. The van der Waals surface area contributed by atoms with Crippen molar-refractivity contribution in [3.63, 3.8) is 0 Å².